The summed E-state index contributed by atoms with van der Waals surface area (Å²) in [6.45, 7) is 20.9. The van der Waals surface area contributed by atoms with Gasteiger partial charge in [0.1, 0.15) is 48.6 Å². The Kier molecular flexibility index (Phi) is 42.5. The van der Waals surface area contributed by atoms with Gasteiger partial charge in [-0.15, -0.1) is 0 Å². The van der Waals surface area contributed by atoms with Crippen molar-refractivity contribution in [1.82, 2.24) is 26.6 Å². The minimum atomic E-state index is -5.73. The number of hydrogen-bond acceptors (Lipinski definition) is 19. The standard InChI is InChI=1S/C66H110N6O22P2/c1-41(2)21-14-22-42(3)23-15-24-43(4)25-16-26-44(5)27-17-28-45(6)29-18-30-46(7)31-19-32-47(8)36-38-89-95(85,86)94-96(87,88)93-66-57(71-52(13)74)59(58(76)55(40-73)92-66)90-50(11)61(78)69-48(9)60(77)72-54(64(82)83)34-35-56(75)68-39-53(33-20-37-67)62(79)70-49(10)65(84)91-51(12)63(80)81/h21,23,25,27,29,31,36,48-51,53-55,57-59,66,73,76H,14-20,22,24,26,28,30,32-35,37-40,67H2,1-13H3,(H,68,75)(H,69,78)(H,70,79)(H,71,74)(H,72,77)(H,80,81)(H,82,83)(H,85,86)(H,87,88)/b42-23+,43-25+,44-27-,45-29-,46-31-,47-36-/t48-,49+,50+,51+,53-,54+,55+,57+,58+,59+,66+/m0/s1. The number of amides is 5. The minimum absolute atomic E-state index is 0.156. The third kappa shape index (κ3) is 38.2. The average molecular weight is 1400 g/mol. The number of esters is 1. The molecule has 0 bridgehead atoms. The first-order valence-corrected chi connectivity index (χ1v) is 35.6. The average Bonchev–Trinajstić information content (AvgIpc) is 0.787. The van der Waals surface area contributed by atoms with Crippen LogP contribution in [0.2, 0.25) is 0 Å². The second-order valence-corrected chi connectivity index (χ2v) is 27.7. The van der Waals surface area contributed by atoms with Gasteiger partial charge in [0.2, 0.25) is 29.5 Å². The molecule has 30 heteroatoms. The van der Waals surface area contributed by atoms with Crippen molar-refractivity contribution in [3.63, 3.8) is 0 Å². The molecule has 1 saturated heterocycles. The van der Waals surface area contributed by atoms with Crippen LogP contribution in [0.15, 0.2) is 81.5 Å². The van der Waals surface area contributed by atoms with Crippen molar-refractivity contribution in [2.75, 3.05) is 26.3 Å². The zero-order valence-electron chi connectivity index (χ0n) is 58.2. The first-order chi connectivity index (χ1) is 44.9. The molecule has 1 fully saturated rings. The molecule has 1 rings (SSSR count). The maximum absolute atomic E-state index is 13.5. The summed E-state index contributed by atoms with van der Waals surface area (Å²) in [5.74, 6) is -9.32. The minimum Gasteiger partial charge on any atom is -0.480 e. The molecule has 0 aromatic heterocycles. The Morgan fingerprint density at radius 3 is 1.52 bits per heavy atom. The van der Waals surface area contributed by atoms with Gasteiger partial charge in [-0.05, 0) is 186 Å². The molecule has 1 aliphatic heterocycles. The fourth-order valence-electron chi connectivity index (χ4n) is 9.47. The van der Waals surface area contributed by atoms with Gasteiger partial charge in [-0.2, -0.15) is 4.31 Å². The van der Waals surface area contributed by atoms with E-state index in [-0.39, 0.29) is 19.5 Å². The van der Waals surface area contributed by atoms with Crippen LogP contribution in [0, 0.1) is 5.92 Å². The quantitative estimate of drug-likeness (QED) is 0.0157. The first-order valence-electron chi connectivity index (χ1n) is 32.6. The van der Waals surface area contributed by atoms with Gasteiger partial charge in [0.25, 0.3) is 0 Å². The Labute approximate surface area is 566 Å². The van der Waals surface area contributed by atoms with Crippen LogP contribution in [-0.4, -0.2) is 165 Å². The van der Waals surface area contributed by atoms with Gasteiger partial charge in [-0.25, -0.2) is 23.5 Å². The zero-order valence-corrected chi connectivity index (χ0v) is 60.0. The predicted molar refractivity (Wildman–Crippen MR) is 361 cm³/mol. The molecule has 0 spiro atoms. The van der Waals surface area contributed by atoms with E-state index in [1.807, 2.05) is 0 Å². The van der Waals surface area contributed by atoms with Crippen LogP contribution in [0.5, 0.6) is 0 Å². The predicted octanol–water partition coefficient (Wildman–Crippen LogP) is 7.77. The van der Waals surface area contributed by atoms with Crippen LogP contribution < -0.4 is 32.3 Å². The van der Waals surface area contributed by atoms with Crippen molar-refractivity contribution in [2.24, 2.45) is 11.7 Å². The number of carboxylic acids is 2. The number of allylic oxidation sites excluding steroid dienone is 13. The van der Waals surface area contributed by atoms with Crippen LogP contribution in [0.1, 0.15) is 193 Å². The number of nitrogens with one attached hydrogen (secondary N) is 5. The van der Waals surface area contributed by atoms with E-state index in [4.69, 9.17) is 34.1 Å². The van der Waals surface area contributed by atoms with E-state index in [9.17, 15) is 72.6 Å². The first kappa shape index (κ1) is 88.0. The monoisotopic (exact) mass is 1400 g/mol. The zero-order chi connectivity index (χ0) is 72.9. The SMILES string of the molecule is CC(=O)N[C@H]1[C@@H](OP(=O)(O)OP(=O)(O)OC/C=C(/C)CC/C=C(/C)CC/C=C(/C)CC/C=C(/C)CC/C=C(\C)CC/C=C(\C)CCC=C(C)C)O[C@H](CO)[C@@H](O)[C@@H]1O[C@H](C)C(=O)N[C@@H](C)C(=O)N[C@H](CCC(=O)NC[C@H](CCCN)C(=O)N[C@H](C)C(=O)O[C@H](C)C(=O)O)C(=O)O. The number of carbonyl (C=O) groups excluding carboxylic acids is 6. The summed E-state index contributed by atoms with van der Waals surface area (Å²) in [4.78, 5) is 122. The summed E-state index contributed by atoms with van der Waals surface area (Å²) in [6.07, 6.45) is 15.5. The summed E-state index contributed by atoms with van der Waals surface area (Å²) in [5.41, 5.74) is 14.6. The smallest absolute Gasteiger partial charge is 0.480 e. The topological polar surface area (TPSA) is 434 Å². The molecule has 13 N–H and O–H groups in total. The summed E-state index contributed by atoms with van der Waals surface area (Å²) in [6, 6.07) is -6.25. The normalized spacial score (nSPS) is 20.6. The summed E-state index contributed by atoms with van der Waals surface area (Å²) in [5, 5.41) is 51.9. The summed E-state index contributed by atoms with van der Waals surface area (Å²) < 4.78 is 56.9. The lowest BCUT2D eigenvalue weighted by atomic mass is 9.96. The second kappa shape index (κ2) is 46.3. The fraction of sp³-hybridized carbons (Fsp3) is 0.667. The molecule has 1 heterocycles. The number of nitrogens with two attached hydrogens (primary N) is 1. The molecule has 2 unspecified atom stereocenters. The van der Waals surface area contributed by atoms with Gasteiger partial charge in [-0.3, -0.25) is 33.0 Å². The van der Waals surface area contributed by atoms with Crippen LogP contribution >= 0.6 is 15.6 Å². The molecule has 546 valence electrons. The number of aliphatic hydroxyl groups excluding tert-OH is 2. The highest BCUT2D eigenvalue weighted by Gasteiger charge is 2.51. The Balaban J connectivity index is 2.83. The van der Waals surface area contributed by atoms with Crippen molar-refractivity contribution in [3.8, 4) is 0 Å². The largest absolute Gasteiger partial charge is 0.483 e. The molecule has 0 saturated carbocycles. The van der Waals surface area contributed by atoms with E-state index in [0.717, 1.165) is 90.6 Å². The second-order valence-electron chi connectivity index (χ2n) is 24.7. The van der Waals surface area contributed by atoms with Gasteiger partial charge >= 0.3 is 33.6 Å². The van der Waals surface area contributed by atoms with Crippen molar-refractivity contribution >= 4 is 63.1 Å². The van der Waals surface area contributed by atoms with Crippen LogP contribution in [0.3, 0.4) is 0 Å². The summed E-state index contributed by atoms with van der Waals surface area (Å²) >= 11 is 0. The molecule has 96 heavy (non-hydrogen) atoms. The molecular formula is C66H110N6O22P2. The van der Waals surface area contributed by atoms with E-state index in [0.29, 0.717) is 19.3 Å². The highest BCUT2D eigenvalue weighted by Crippen LogP contribution is 2.61. The van der Waals surface area contributed by atoms with E-state index in [2.05, 4.69) is 116 Å². The van der Waals surface area contributed by atoms with Gasteiger partial charge < -0.3 is 76.7 Å². The molecule has 1 aliphatic rings. The molecular weight excluding hydrogens is 1290 g/mol. The van der Waals surface area contributed by atoms with Crippen LogP contribution in [0.25, 0.3) is 0 Å². The van der Waals surface area contributed by atoms with Crippen molar-refractivity contribution in [1.29, 1.82) is 0 Å². The molecule has 28 nitrogen and oxygen atoms in total. The molecule has 0 aromatic carbocycles. The molecule has 0 radical (unpaired) electrons. The number of carboxylic acid groups (broad SMARTS) is 2. The number of aliphatic hydroxyl groups is 2. The molecule has 0 aliphatic carbocycles. The Morgan fingerprint density at radius 2 is 1.07 bits per heavy atom. The van der Waals surface area contributed by atoms with Gasteiger partial charge in [0.15, 0.2) is 12.4 Å². The number of aliphatic carboxylic acids is 2. The molecule has 13 atom stereocenters. The number of carbonyl (C=O) groups is 8. The van der Waals surface area contributed by atoms with Crippen LogP contribution in [0.4, 0.5) is 0 Å². The maximum Gasteiger partial charge on any atom is 0.483 e. The fourth-order valence-corrected chi connectivity index (χ4v) is 11.6. The van der Waals surface area contributed by atoms with E-state index in [1.165, 1.54) is 53.4 Å². The van der Waals surface area contributed by atoms with E-state index in [1.54, 1.807) is 6.92 Å². The maximum atomic E-state index is 13.5. The Hall–Kier alpha value is -6.00. The van der Waals surface area contributed by atoms with Crippen molar-refractivity contribution in [2.45, 2.75) is 254 Å². The highest BCUT2D eigenvalue weighted by atomic mass is 31.3. The van der Waals surface area contributed by atoms with Gasteiger partial charge in [0, 0.05) is 19.9 Å². The lowest BCUT2D eigenvalue weighted by Gasteiger charge is -2.44. The van der Waals surface area contributed by atoms with E-state index < -0.39 is 156 Å². The van der Waals surface area contributed by atoms with Crippen molar-refractivity contribution in [3.05, 3.63) is 81.5 Å². The third-order valence-corrected chi connectivity index (χ3v) is 18.0. The Morgan fingerprint density at radius 1 is 0.594 bits per heavy atom. The molecule has 0 aromatic rings. The highest BCUT2D eigenvalue weighted by molar-refractivity contribution is 7.61. The number of phosphoric acid groups is 2. The van der Waals surface area contributed by atoms with Crippen molar-refractivity contribution < 1.29 is 105 Å². The molecule has 5 amide bonds. The lowest BCUT2D eigenvalue weighted by molar-refractivity contribution is -0.261. The Bertz CT molecular complexity index is 2870. The summed E-state index contributed by atoms with van der Waals surface area (Å²) in [7, 11) is -11.1. The van der Waals surface area contributed by atoms with E-state index >= 15 is 0 Å². The lowest BCUT2D eigenvalue weighted by Crippen LogP contribution is -2.66. The number of ether oxygens (including phenoxy) is 3. The van der Waals surface area contributed by atoms with Crippen LogP contribution in [-0.2, 0) is 75.1 Å². The van der Waals surface area contributed by atoms with Gasteiger partial charge in [-0.1, -0.05) is 81.5 Å². The number of phosphoric ester groups is 2. The number of rotatable bonds is 47. The number of hydrogen-bond donors (Lipinski definition) is 12. The third-order valence-electron chi connectivity index (χ3n) is 15.4. The van der Waals surface area contributed by atoms with Gasteiger partial charge in [0.05, 0.1) is 19.1 Å².